The van der Waals surface area contributed by atoms with E-state index < -0.39 is 0 Å². The largest absolute Gasteiger partial charge is 0.468 e. The summed E-state index contributed by atoms with van der Waals surface area (Å²) in [5.74, 6) is 1.86. The number of nitrogens with one attached hydrogen (secondary N) is 1. The van der Waals surface area contributed by atoms with Gasteiger partial charge in [0.15, 0.2) is 0 Å². The first kappa shape index (κ1) is 12.7. The van der Waals surface area contributed by atoms with E-state index in [-0.39, 0.29) is 5.54 Å². The van der Waals surface area contributed by atoms with Gasteiger partial charge in [0.05, 0.1) is 12.8 Å². The zero-order chi connectivity index (χ0) is 12.3. The van der Waals surface area contributed by atoms with Gasteiger partial charge in [-0.1, -0.05) is 0 Å². The topological polar surface area (TPSA) is 28.4 Å². The molecule has 1 aromatic heterocycles. The molecule has 1 unspecified atom stereocenters. The van der Waals surface area contributed by atoms with Crippen molar-refractivity contribution in [2.24, 2.45) is 5.92 Å². The third-order valence-electron chi connectivity index (χ3n) is 3.25. The van der Waals surface area contributed by atoms with Crippen molar-refractivity contribution in [1.29, 1.82) is 0 Å². The van der Waals surface area contributed by atoms with E-state index in [9.17, 15) is 0 Å². The van der Waals surface area contributed by atoms with E-state index in [4.69, 9.17) is 4.42 Å². The summed E-state index contributed by atoms with van der Waals surface area (Å²) in [6.07, 6.45) is 3.05. The van der Waals surface area contributed by atoms with E-state index in [1.54, 1.807) is 6.26 Å². The molecular weight excluding hydrogens is 212 g/mol. The standard InChI is InChI=1S/C14H24N2O/c1-14(2,3)15-9-12-6-7-16(10-12)11-13-5-4-8-17-13/h4-5,8,12,15H,6-7,9-11H2,1-3H3. The summed E-state index contributed by atoms with van der Waals surface area (Å²) >= 11 is 0. The Morgan fingerprint density at radius 2 is 2.29 bits per heavy atom. The Kier molecular flexibility index (Phi) is 3.89. The Bertz CT molecular complexity index is 326. The van der Waals surface area contributed by atoms with E-state index in [0.717, 1.165) is 24.8 Å². The highest BCUT2D eigenvalue weighted by molar-refractivity contribution is 4.98. The lowest BCUT2D eigenvalue weighted by molar-refractivity contribution is 0.280. The van der Waals surface area contributed by atoms with Crippen molar-refractivity contribution in [2.45, 2.75) is 39.3 Å². The van der Waals surface area contributed by atoms with E-state index in [2.05, 4.69) is 37.1 Å². The highest BCUT2D eigenvalue weighted by atomic mass is 16.3. The number of furan rings is 1. The summed E-state index contributed by atoms with van der Waals surface area (Å²) in [7, 11) is 0. The number of hydrogen-bond donors (Lipinski definition) is 1. The molecule has 1 aromatic rings. The van der Waals surface area contributed by atoms with Gasteiger partial charge >= 0.3 is 0 Å². The molecule has 3 heteroatoms. The first-order valence-electron chi connectivity index (χ1n) is 6.53. The van der Waals surface area contributed by atoms with Crippen molar-refractivity contribution in [3.05, 3.63) is 24.2 Å². The second-order valence-electron chi connectivity index (χ2n) is 6.10. The van der Waals surface area contributed by atoms with Crippen LogP contribution in [0.2, 0.25) is 0 Å². The zero-order valence-corrected chi connectivity index (χ0v) is 11.2. The molecule has 0 saturated carbocycles. The van der Waals surface area contributed by atoms with Gasteiger partial charge in [-0.15, -0.1) is 0 Å². The quantitative estimate of drug-likeness (QED) is 0.870. The van der Waals surface area contributed by atoms with Crippen LogP contribution in [0.4, 0.5) is 0 Å². The fraction of sp³-hybridized carbons (Fsp3) is 0.714. The maximum Gasteiger partial charge on any atom is 0.117 e. The third kappa shape index (κ3) is 4.17. The predicted octanol–water partition coefficient (Wildman–Crippen LogP) is 2.49. The lowest BCUT2D eigenvalue weighted by Crippen LogP contribution is -2.39. The summed E-state index contributed by atoms with van der Waals surface area (Å²) in [5, 5.41) is 3.59. The van der Waals surface area contributed by atoms with Crippen molar-refractivity contribution >= 4 is 0 Å². The Labute approximate surface area is 104 Å². The van der Waals surface area contributed by atoms with Gasteiger partial charge < -0.3 is 9.73 Å². The maximum absolute atomic E-state index is 5.39. The number of rotatable bonds is 4. The summed E-state index contributed by atoms with van der Waals surface area (Å²) in [6, 6.07) is 4.02. The van der Waals surface area contributed by atoms with Gasteiger partial charge in [-0.25, -0.2) is 0 Å². The molecule has 1 atom stereocenters. The zero-order valence-electron chi connectivity index (χ0n) is 11.2. The van der Waals surface area contributed by atoms with Crippen LogP contribution in [0.5, 0.6) is 0 Å². The average Bonchev–Trinajstić information content (AvgIpc) is 2.86. The van der Waals surface area contributed by atoms with Crippen LogP contribution in [-0.2, 0) is 6.54 Å². The number of nitrogens with zero attached hydrogens (tertiary/aromatic N) is 1. The summed E-state index contributed by atoms with van der Waals surface area (Å²) in [5.41, 5.74) is 0.231. The van der Waals surface area contributed by atoms with Gasteiger partial charge in [0.25, 0.3) is 0 Å². The van der Waals surface area contributed by atoms with Crippen LogP contribution < -0.4 is 5.32 Å². The summed E-state index contributed by atoms with van der Waals surface area (Å²) in [6.45, 7) is 11.1. The normalized spacial score (nSPS) is 22.2. The van der Waals surface area contributed by atoms with Crippen molar-refractivity contribution in [3.63, 3.8) is 0 Å². The Morgan fingerprint density at radius 1 is 1.47 bits per heavy atom. The van der Waals surface area contributed by atoms with E-state index >= 15 is 0 Å². The van der Waals surface area contributed by atoms with Crippen molar-refractivity contribution < 1.29 is 4.42 Å². The maximum atomic E-state index is 5.39. The lowest BCUT2D eigenvalue weighted by Gasteiger charge is -2.23. The predicted molar refractivity (Wildman–Crippen MR) is 69.8 cm³/mol. The van der Waals surface area contributed by atoms with Gasteiger partial charge in [-0.3, -0.25) is 4.90 Å². The fourth-order valence-corrected chi connectivity index (χ4v) is 2.30. The second kappa shape index (κ2) is 5.23. The van der Waals surface area contributed by atoms with Crippen molar-refractivity contribution in [1.82, 2.24) is 10.2 Å². The molecule has 1 fully saturated rings. The third-order valence-corrected chi connectivity index (χ3v) is 3.25. The molecule has 1 N–H and O–H groups in total. The van der Waals surface area contributed by atoms with Crippen LogP contribution >= 0.6 is 0 Å². The van der Waals surface area contributed by atoms with E-state index in [1.165, 1.54) is 19.5 Å². The average molecular weight is 236 g/mol. The molecule has 1 aliphatic heterocycles. The highest BCUT2D eigenvalue weighted by Crippen LogP contribution is 2.18. The molecule has 0 spiro atoms. The Hall–Kier alpha value is -0.800. The van der Waals surface area contributed by atoms with Crippen LogP contribution in [0.15, 0.2) is 22.8 Å². The minimum Gasteiger partial charge on any atom is -0.468 e. The molecule has 0 aromatic carbocycles. The molecule has 0 amide bonds. The second-order valence-corrected chi connectivity index (χ2v) is 6.10. The van der Waals surface area contributed by atoms with Crippen molar-refractivity contribution in [2.75, 3.05) is 19.6 Å². The number of hydrogen-bond acceptors (Lipinski definition) is 3. The molecule has 96 valence electrons. The fourth-order valence-electron chi connectivity index (χ4n) is 2.30. The van der Waals surface area contributed by atoms with Crippen LogP contribution in [0.1, 0.15) is 33.0 Å². The van der Waals surface area contributed by atoms with Gasteiger partial charge in [0, 0.05) is 12.1 Å². The van der Waals surface area contributed by atoms with Gasteiger partial charge in [-0.2, -0.15) is 0 Å². The van der Waals surface area contributed by atoms with Gasteiger partial charge in [0.2, 0.25) is 0 Å². The first-order valence-corrected chi connectivity index (χ1v) is 6.53. The molecule has 2 heterocycles. The summed E-state index contributed by atoms with van der Waals surface area (Å²) in [4.78, 5) is 2.48. The molecule has 17 heavy (non-hydrogen) atoms. The number of likely N-dealkylation sites (tertiary alicyclic amines) is 1. The van der Waals surface area contributed by atoms with Crippen LogP contribution in [0.3, 0.4) is 0 Å². The van der Waals surface area contributed by atoms with Crippen LogP contribution in [-0.4, -0.2) is 30.1 Å². The molecule has 0 bridgehead atoms. The Morgan fingerprint density at radius 3 is 2.94 bits per heavy atom. The molecule has 3 nitrogen and oxygen atoms in total. The minimum absolute atomic E-state index is 0.231. The molecule has 0 radical (unpaired) electrons. The molecular formula is C14H24N2O. The smallest absolute Gasteiger partial charge is 0.117 e. The van der Waals surface area contributed by atoms with Gasteiger partial charge in [-0.05, 0) is 58.3 Å². The van der Waals surface area contributed by atoms with Crippen LogP contribution in [0, 0.1) is 5.92 Å². The minimum atomic E-state index is 0.231. The highest BCUT2D eigenvalue weighted by Gasteiger charge is 2.24. The first-order chi connectivity index (χ1) is 8.03. The SMILES string of the molecule is CC(C)(C)NCC1CCN(Cc2ccco2)C1. The van der Waals surface area contributed by atoms with Gasteiger partial charge in [0.1, 0.15) is 5.76 Å². The van der Waals surface area contributed by atoms with E-state index in [1.807, 2.05) is 6.07 Å². The van der Waals surface area contributed by atoms with Crippen LogP contribution in [0.25, 0.3) is 0 Å². The molecule has 1 saturated heterocycles. The summed E-state index contributed by atoms with van der Waals surface area (Å²) < 4.78 is 5.39. The molecule has 1 aliphatic rings. The monoisotopic (exact) mass is 236 g/mol. The Balaban J connectivity index is 1.72. The van der Waals surface area contributed by atoms with E-state index in [0.29, 0.717) is 0 Å². The lowest BCUT2D eigenvalue weighted by atomic mass is 10.1. The molecule has 0 aliphatic carbocycles. The molecule has 2 rings (SSSR count). The van der Waals surface area contributed by atoms with Crippen molar-refractivity contribution in [3.8, 4) is 0 Å².